The Hall–Kier alpha value is -3.76. The fraction of sp³-hybridized carbons (Fsp3) is 0.286. The molecule has 0 aliphatic carbocycles. The highest BCUT2D eigenvalue weighted by Gasteiger charge is 2.33. The van der Waals surface area contributed by atoms with Gasteiger partial charge >= 0.3 is 0 Å². The Labute approximate surface area is 234 Å². The quantitative estimate of drug-likeness (QED) is 0.350. The molecule has 0 heterocycles. The number of carbonyl (C=O) groups excluding carboxylic acids is 2. The van der Waals surface area contributed by atoms with E-state index in [2.05, 4.69) is 5.32 Å². The lowest BCUT2D eigenvalue weighted by atomic mass is 10.1. The van der Waals surface area contributed by atoms with Gasteiger partial charge in [-0.1, -0.05) is 41.9 Å². The SMILES string of the molecule is CCNC(=O)[C@@H](C)N(Cc1ccccc1Cl)C(=O)CN(c1ccccc1OC)S(=O)(=O)c1ccc(OC)cc1. The van der Waals surface area contributed by atoms with E-state index in [1.807, 2.05) is 0 Å². The van der Waals surface area contributed by atoms with Gasteiger partial charge in [0, 0.05) is 18.1 Å². The van der Waals surface area contributed by atoms with Gasteiger partial charge in [0.1, 0.15) is 24.1 Å². The maximum atomic E-state index is 13.9. The molecular weight excluding hydrogens is 542 g/mol. The lowest BCUT2D eigenvalue weighted by Crippen LogP contribution is -2.51. The highest BCUT2D eigenvalue weighted by molar-refractivity contribution is 7.92. The Bertz CT molecular complexity index is 1400. The fourth-order valence-corrected chi connectivity index (χ4v) is 5.56. The molecule has 11 heteroatoms. The van der Waals surface area contributed by atoms with Crippen LogP contribution in [0.25, 0.3) is 0 Å². The third-order valence-electron chi connectivity index (χ3n) is 6.10. The van der Waals surface area contributed by atoms with E-state index in [9.17, 15) is 18.0 Å². The molecular formula is C28H32ClN3O6S. The third-order valence-corrected chi connectivity index (χ3v) is 8.24. The molecule has 2 amide bonds. The second-order valence-electron chi connectivity index (χ2n) is 8.54. The predicted octanol–water partition coefficient (Wildman–Crippen LogP) is 4.11. The van der Waals surface area contributed by atoms with E-state index in [4.69, 9.17) is 21.1 Å². The molecule has 208 valence electrons. The summed E-state index contributed by atoms with van der Waals surface area (Å²) in [6.07, 6.45) is 0. The van der Waals surface area contributed by atoms with Gasteiger partial charge in [0.15, 0.2) is 0 Å². The third kappa shape index (κ3) is 7.01. The van der Waals surface area contributed by atoms with Crippen molar-refractivity contribution < 1.29 is 27.5 Å². The molecule has 3 rings (SSSR count). The second-order valence-corrected chi connectivity index (χ2v) is 10.8. The van der Waals surface area contributed by atoms with Gasteiger partial charge in [-0.3, -0.25) is 13.9 Å². The number of hydrogen-bond acceptors (Lipinski definition) is 6. The summed E-state index contributed by atoms with van der Waals surface area (Å²) in [5.41, 5.74) is 0.790. The molecule has 0 fully saturated rings. The Morgan fingerprint density at radius 1 is 0.949 bits per heavy atom. The van der Waals surface area contributed by atoms with Crippen LogP contribution in [0.5, 0.6) is 11.5 Å². The van der Waals surface area contributed by atoms with Crippen molar-refractivity contribution in [1.82, 2.24) is 10.2 Å². The number of amides is 2. The first-order valence-corrected chi connectivity index (χ1v) is 14.1. The first-order chi connectivity index (χ1) is 18.6. The Balaban J connectivity index is 2.08. The predicted molar refractivity (Wildman–Crippen MR) is 151 cm³/mol. The normalized spacial score (nSPS) is 11.8. The van der Waals surface area contributed by atoms with Crippen molar-refractivity contribution >= 4 is 39.1 Å². The number of anilines is 1. The van der Waals surface area contributed by atoms with E-state index < -0.39 is 28.5 Å². The number of nitrogens with one attached hydrogen (secondary N) is 1. The molecule has 39 heavy (non-hydrogen) atoms. The summed E-state index contributed by atoms with van der Waals surface area (Å²) in [5, 5.41) is 3.14. The summed E-state index contributed by atoms with van der Waals surface area (Å²) >= 11 is 6.37. The lowest BCUT2D eigenvalue weighted by Gasteiger charge is -2.32. The number of methoxy groups -OCH3 is 2. The zero-order chi connectivity index (χ0) is 28.6. The average Bonchev–Trinajstić information content (AvgIpc) is 2.95. The van der Waals surface area contributed by atoms with Crippen LogP contribution < -0.4 is 19.1 Å². The highest BCUT2D eigenvalue weighted by Crippen LogP contribution is 2.33. The van der Waals surface area contributed by atoms with Gasteiger partial charge in [0.25, 0.3) is 10.0 Å². The van der Waals surface area contributed by atoms with Gasteiger partial charge in [0.2, 0.25) is 11.8 Å². The molecule has 0 saturated carbocycles. The van der Waals surface area contributed by atoms with Gasteiger partial charge < -0.3 is 19.7 Å². The van der Waals surface area contributed by atoms with Crippen LogP contribution >= 0.6 is 11.6 Å². The smallest absolute Gasteiger partial charge is 0.264 e. The molecule has 1 atom stereocenters. The topological polar surface area (TPSA) is 105 Å². The molecule has 0 aromatic heterocycles. The van der Waals surface area contributed by atoms with E-state index in [1.54, 1.807) is 62.4 Å². The molecule has 0 unspecified atom stereocenters. The van der Waals surface area contributed by atoms with Crippen molar-refractivity contribution in [3.8, 4) is 11.5 Å². The van der Waals surface area contributed by atoms with Crippen LogP contribution in [0.1, 0.15) is 19.4 Å². The molecule has 3 aromatic carbocycles. The number of hydrogen-bond donors (Lipinski definition) is 1. The molecule has 0 bridgehead atoms. The first kappa shape index (κ1) is 29.8. The number of halogens is 1. The second kappa shape index (κ2) is 13.3. The lowest BCUT2D eigenvalue weighted by molar-refractivity contribution is -0.139. The summed E-state index contributed by atoms with van der Waals surface area (Å²) in [5.74, 6) is -0.233. The van der Waals surface area contributed by atoms with Crippen molar-refractivity contribution in [3.05, 3.63) is 83.4 Å². The number of ether oxygens (including phenoxy) is 2. The molecule has 0 spiro atoms. The van der Waals surface area contributed by atoms with E-state index in [1.165, 1.54) is 43.4 Å². The number of para-hydroxylation sites is 2. The number of benzene rings is 3. The van der Waals surface area contributed by atoms with Gasteiger partial charge in [-0.2, -0.15) is 0 Å². The summed E-state index contributed by atoms with van der Waals surface area (Å²) in [6, 6.07) is 18.4. The van der Waals surface area contributed by atoms with Crippen LogP contribution in [0.15, 0.2) is 77.7 Å². The fourth-order valence-electron chi connectivity index (χ4n) is 3.94. The van der Waals surface area contributed by atoms with Crippen LogP contribution in [0.3, 0.4) is 0 Å². The summed E-state index contributed by atoms with van der Waals surface area (Å²) < 4.78 is 39.4. The van der Waals surface area contributed by atoms with Crippen molar-refractivity contribution in [2.45, 2.75) is 31.3 Å². The molecule has 1 N–H and O–H groups in total. The highest BCUT2D eigenvalue weighted by atomic mass is 35.5. The van der Waals surface area contributed by atoms with Crippen LogP contribution in [-0.4, -0.2) is 58.5 Å². The number of sulfonamides is 1. The average molecular weight is 574 g/mol. The van der Waals surface area contributed by atoms with Crippen LogP contribution in [0.2, 0.25) is 5.02 Å². The maximum absolute atomic E-state index is 13.9. The Kier molecular flexibility index (Phi) is 10.2. The molecule has 0 aliphatic rings. The van der Waals surface area contributed by atoms with E-state index in [0.29, 0.717) is 22.9 Å². The van der Waals surface area contributed by atoms with Crippen LogP contribution in [0, 0.1) is 0 Å². The monoisotopic (exact) mass is 573 g/mol. The minimum atomic E-state index is -4.25. The Morgan fingerprint density at radius 3 is 2.21 bits per heavy atom. The number of carbonyl (C=O) groups is 2. The molecule has 3 aromatic rings. The maximum Gasteiger partial charge on any atom is 0.264 e. The van der Waals surface area contributed by atoms with Gasteiger partial charge in [0.05, 0.1) is 24.8 Å². The minimum Gasteiger partial charge on any atom is -0.497 e. The van der Waals surface area contributed by atoms with Crippen molar-refractivity contribution in [1.29, 1.82) is 0 Å². The molecule has 0 radical (unpaired) electrons. The minimum absolute atomic E-state index is 0.000838. The van der Waals surface area contributed by atoms with Crippen molar-refractivity contribution in [3.63, 3.8) is 0 Å². The van der Waals surface area contributed by atoms with Crippen molar-refractivity contribution in [2.75, 3.05) is 31.6 Å². The zero-order valence-electron chi connectivity index (χ0n) is 22.3. The van der Waals surface area contributed by atoms with Gasteiger partial charge in [-0.25, -0.2) is 8.42 Å². The number of nitrogens with zero attached hydrogens (tertiary/aromatic N) is 2. The molecule has 0 aliphatic heterocycles. The van der Waals surface area contributed by atoms with E-state index >= 15 is 0 Å². The number of likely N-dealkylation sites (N-methyl/N-ethyl adjacent to an activating group) is 1. The zero-order valence-corrected chi connectivity index (χ0v) is 23.8. The van der Waals surface area contributed by atoms with Crippen LogP contribution in [0.4, 0.5) is 5.69 Å². The van der Waals surface area contributed by atoms with Crippen LogP contribution in [-0.2, 0) is 26.2 Å². The summed E-state index contributed by atoms with van der Waals surface area (Å²) in [7, 11) is -1.36. The molecule has 9 nitrogen and oxygen atoms in total. The van der Waals surface area contributed by atoms with Gasteiger partial charge in [-0.15, -0.1) is 0 Å². The first-order valence-electron chi connectivity index (χ1n) is 12.2. The standard InChI is InChI=1S/C28H32ClN3O6S/c1-5-30-28(34)20(2)31(18-21-10-6-7-11-24(21)29)27(33)19-32(25-12-8-9-13-26(25)38-4)39(35,36)23-16-14-22(37-3)15-17-23/h6-17,20H,5,18-19H2,1-4H3,(H,30,34)/t20-/m1/s1. The van der Waals surface area contributed by atoms with E-state index in [-0.39, 0.29) is 28.8 Å². The molecule has 0 saturated heterocycles. The Morgan fingerprint density at radius 2 is 1.59 bits per heavy atom. The van der Waals surface area contributed by atoms with E-state index in [0.717, 1.165) is 4.31 Å². The van der Waals surface area contributed by atoms with Gasteiger partial charge in [-0.05, 0) is 61.9 Å². The largest absolute Gasteiger partial charge is 0.497 e. The summed E-state index contributed by atoms with van der Waals surface area (Å²) in [6.45, 7) is 3.14. The summed E-state index contributed by atoms with van der Waals surface area (Å²) in [4.78, 5) is 28.0. The number of rotatable bonds is 12. The van der Waals surface area contributed by atoms with Crippen molar-refractivity contribution in [2.24, 2.45) is 0 Å².